The Morgan fingerprint density at radius 2 is 2.10 bits per heavy atom. The van der Waals surface area contributed by atoms with E-state index in [1.54, 1.807) is 0 Å². The molecule has 1 amide bonds. The topological polar surface area (TPSA) is 55.1 Å². The average Bonchev–Trinajstić information content (AvgIpc) is 2.66. The number of aryl methyl sites for hydroxylation is 1. The zero-order valence-electron chi connectivity index (χ0n) is 12.6. The van der Waals surface area contributed by atoms with Gasteiger partial charge in [-0.2, -0.15) is 0 Å². The fraction of sp³-hybridized carbons (Fsp3) is 0.588. The lowest BCUT2D eigenvalue weighted by Gasteiger charge is -2.20. The molecule has 3 N–H and O–H groups in total. The minimum Gasteiger partial charge on any atom is -0.382 e. The zero-order chi connectivity index (χ0) is 14.5. The Balaban J connectivity index is 2.01. The van der Waals surface area contributed by atoms with E-state index in [-0.39, 0.29) is 5.91 Å². The second kappa shape index (κ2) is 6.78. The van der Waals surface area contributed by atoms with Gasteiger partial charge in [-0.1, -0.05) is 26.2 Å². The normalized spacial score (nSPS) is 23.1. The molecule has 1 saturated carbocycles. The van der Waals surface area contributed by atoms with Crippen LogP contribution >= 0.6 is 0 Å². The molecule has 1 aromatic carbocycles. The highest BCUT2D eigenvalue weighted by Gasteiger charge is 2.18. The lowest BCUT2D eigenvalue weighted by Crippen LogP contribution is -2.19. The van der Waals surface area contributed by atoms with Crippen LogP contribution in [0.4, 0.5) is 5.69 Å². The van der Waals surface area contributed by atoms with Crippen LogP contribution in [-0.4, -0.2) is 11.9 Å². The van der Waals surface area contributed by atoms with E-state index in [0.717, 1.165) is 17.2 Å². The average molecular weight is 274 g/mol. The first-order valence-electron chi connectivity index (χ1n) is 7.77. The highest BCUT2D eigenvalue weighted by atomic mass is 16.1. The number of rotatable bonds is 4. The maximum absolute atomic E-state index is 11.2. The molecule has 0 heterocycles. The fourth-order valence-corrected chi connectivity index (χ4v) is 3.13. The summed E-state index contributed by atoms with van der Waals surface area (Å²) >= 11 is 0. The van der Waals surface area contributed by atoms with Crippen molar-refractivity contribution in [2.45, 2.75) is 58.4 Å². The zero-order valence-corrected chi connectivity index (χ0v) is 12.6. The summed E-state index contributed by atoms with van der Waals surface area (Å²) in [6.45, 7) is 4.32. The maximum Gasteiger partial charge on any atom is 0.248 e. The number of hydrogen-bond donors (Lipinski definition) is 2. The van der Waals surface area contributed by atoms with Crippen LogP contribution in [0, 0.1) is 12.8 Å². The molecule has 0 aromatic heterocycles. The number of carbonyl (C=O) groups is 1. The van der Waals surface area contributed by atoms with E-state index < -0.39 is 0 Å². The van der Waals surface area contributed by atoms with Crippen LogP contribution in [0.3, 0.4) is 0 Å². The van der Waals surface area contributed by atoms with Gasteiger partial charge in [0.05, 0.1) is 0 Å². The minimum absolute atomic E-state index is 0.361. The highest BCUT2D eigenvalue weighted by molar-refractivity contribution is 5.93. The summed E-state index contributed by atoms with van der Waals surface area (Å²) in [6.07, 6.45) is 7.80. The van der Waals surface area contributed by atoms with Crippen LogP contribution in [0.25, 0.3) is 0 Å². The van der Waals surface area contributed by atoms with Crippen LogP contribution in [0.5, 0.6) is 0 Å². The molecule has 1 aromatic rings. The maximum atomic E-state index is 11.2. The summed E-state index contributed by atoms with van der Waals surface area (Å²) in [5, 5.41) is 3.65. The van der Waals surface area contributed by atoms with Gasteiger partial charge in [-0.05, 0) is 55.9 Å². The second-order valence-corrected chi connectivity index (χ2v) is 6.02. The molecular weight excluding hydrogens is 248 g/mol. The van der Waals surface area contributed by atoms with E-state index in [9.17, 15) is 4.79 Å². The van der Waals surface area contributed by atoms with Crippen LogP contribution in [0.15, 0.2) is 18.2 Å². The molecule has 2 atom stereocenters. The van der Waals surface area contributed by atoms with Crippen molar-refractivity contribution in [2.24, 2.45) is 11.7 Å². The number of carbonyl (C=O) groups excluding carboxylic acids is 1. The molecule has 2 unspecified atom stereocenters. The Morgan fingerprint density at radius 3 is 2.75 bits per heavy atom. The number of hydrogen-bond acceptors (Lipinski definition) is 2. The standard InChI is InChI=1S/C17H26N2O/c1-3-13-5-4-6-15(9-7-13)19-16-10-8-14(17(18)20)11-12(16)2/h8,10-11,13,15,19H,3-7,9H2,1-2H3,(H2,18,20). The summed E-state index contributed by atoms with van der Waals surface area (Å²) in [7, 11) is 0. The monoisotopic (exact) mass is 274 g/mol. The third kappa shape index (κ3) is 3.75. The van der Waals surface area contributed by atoms with Gasteiger partial charge in [0.25, 0.3) is 0 Å². The molecule has 3 heteroatoms. The molecule has 20 heavy (non-hydrogen) atoms. The van der Waals surface area contributed by atoms with Crippen molar-refractivity contribution < 1.29 is 4.79 Å². The van der Waals surface area contributed by atoms with E-state index in [4.69, 9.17) is 5.73 Å². The third-order valence-corrected chi connectivity index (χ3v) is 4.54. The first-order chi connectivity index (χ1) is 9.60. The molecule has 0 saturated heterocycles. The van der Waals surface area contributed by atoms with E-state index in [1.807, 2.05) is 25.1 Å². The highest BCUT2D eigenvalue weighted by Crippen LogP contribution is 2.28. The molecule has 1 aliphatic rings. The van der Waals surface area contributed by atoms with E-state index >= 15 is 0 Å². The first kappa shape index (κ1) is 14.9. The van der Waals surface area contributed by atoms with Gasteiger partial charge >= 0.3 is 0 Å². The number of benzene rings is 1. The van der Waals surface area contributed by atoms with Crippen molar-refractivity contribution in [3.05, 3.63) is 29.3 Å². The molecule has 2 rings (SSSR count). The van der Waals surface area contributed by atoms with Crippen LogP contribution in [0.2, 0.25) is 0 Å². The predicted molar refractivity (Wildman–Crippen MR) is 84.0 cm³/mol. The van der Waals surface area contributed by atoms with Gasteiger partial charge in [-0.15, -0.1) is 0 Å². The van der Waals surface area contributed by atoms with Crippen molar-refractivity contribution in [1.82, 2.24) is 0 Å². The number of amides is 1. The molecule has 3 nitrogen and oxygen atoms in total. The number of nitrogens with two attached hydrogens (primary N) is 1. The van der Waals surface area contributed by atoms with Gasteiger partial charge in [-0.3, -0.25) is 4.79 Å². The first-order valence-corrected chi connectivity index (χ1v) is 7.77. The van der Waals surface area contributed by atoms with Crippen molar-refractivity contribution in [2.75, 3.05) is 5.32 Å². The summed E-state index contributed by atoms with van der Waals surface area (Å²) in [5.41, 5.74) is 8.12. The quantitative estimate of drug-likeness (QED) is 0.819. The molecule has 110 valence electrons. The fourth-order valence-electron chi connectivity index (χ4n) is 3.13. The number of nitrogens with one attached hydrogen (secondary N) is 1. The third-order valence-electron chi connectivity index (χ3n) is 4.54. The number of anilines is 1. The summed E-state index contributed by atoms with van der Waals surface area (Å²) < 4.78 is 0. The van der Waals surface area contributed by atoms with Gasteiger partial charge in [0.1, 0.15) is 0 Å². The lowest BCUT2D eigenvalue weighted by molar-refractivity contribution is 0.1000. The lowest BCUT2D eigenvalue weighted by atomic mass is 9.97. The van der Waals surface area contributed by atoms with Crippen molar-refractivity contribution in [1.29, 1.82) is 0 Å². The van der Waals surface area contributed by atoms with E-state index in [0.29, 0.717) is 11.6 Å². The van der Waals surface area contributed by atoms with Gasteiger partial charge in [0.2, 0.25) is 5.91 Å². The second-order valence-electron chi connectivity index (χ2n) is 6.02. The van der Waals surface area contributed by atoms with Crippen molar-refractivity contribution in [3.63, 3.8) is 0 Å². The molecule has 0 aliphatic heterocycles. The van der Waals surface area contributed by atoms with Crippen molar-refractivity contribution >= 4 is 11.6 Å². The van der Waals surface area contributed by atoms with Crippen LogP contribution < -0.4 is 11.1 Å². The molecule has 0 radical (unpaired) electrons. The summed E-state index contributed by atoms with van der Waals surface area (Å²) in [5.74, 6) is 0.542. The Hall–Kier alpha value is -1.51. The number of primary amides is 1. The Morgan fingerprint density at radius 1 is 1.30 bits per heavy atom. The minimum atomic E-state index is -0.361. The molecular formula is C17H26N2O. The molecule has 1 fully saturated rings. The van der Waals surface area contributed by atoms with Gasteiger partial charge in [0.15, 0.2) is 0 Å². The van der Waals surface area contributed by atoms with Crippen molar-refractivity contribution in [3.8, 4) is 0 Å². The molecule has 0 spiro atoms. The predicted octanol–water partition coefficient (Wildman–Crippen LogP) is 3.86. The Kier molecular flexibility index (Phi) is 5.05. The summed E-state index contributed by atoms with van der Waals surface area (Å²) in [6, 6.07) is 6.22. The van der Waals surface area contributed by atoms with E-state index in [2.05, 4.69) is 12.2 Å². The van der Waals surface area contributed by atoms with Gasteiger partial charge < -0.3 is 11.1 Å². The molecule has 0 bridgehead atoms. The van der Waals surface area contributed by atoms with Crippen LogP contribution in [-0.2, 0) is 0 Å². The smallest absolute Gasteiger partial charge is 0.248 e. The molecule has 1 aliphatic carbocycles. The SMILES string of the molecule is CCC1CCCC(Nc2ccc(C(N)=O)cc2C)CC1. The van der Waals surface area contributed by atoms with Gasteiger partial charge in [0, 0.05) is 17.3 Å². The Labute approximate surface area is 121 Å². The van der Waals surface area contributed by atoms with Crippen LogP contribution in [0.1, 0.15) is 61.4 Å². The largest absolute Gasteiger partial charge is 0.382 e. The summed E-state index contributed by atoms with van der Waals surface area (Å²) in [4.78, 5) is 11.2. The Bertz CT molecular complexity index is 470. The van der Waals surface area contributed by atoms with E-state index in [1.165, 1.54) is 38.5 Å². The van der Waals surface area contributed by atoms with Gasteiger partial charge in [-0.25, -0.2) is 0 Å².